The monoisotopic (exact) mass is 517 g/mol. The first-order chi connectivity index (χ1) is 18.2. The Morgan fingerprint density at radius 2 is 1.92 bits per heavy atom. The Morgan fingerprint density at radius 1 is 1.13 bits per heavy atom. The molecule has 1 amide bonds. The molecule has 0 radical (unpaired) electrons. The lowest BCUT2D eigenvalue weighted by molar-refractivity contribution is 0.0540. The van der Waals surface area contributed by atoms with E-state index in [1.807, 2.05) is 30.5 Å². The molecule has 0 fully saturated rings. The van der Waals surface area contributed by atoms with E-state index in [0.29, 0.717) is 42.4 Å². The number of aromatic amines is 1. The summed E-state index contributed by atoms with van der Waals surface area (Å²) in [5.41, 5.74) is 2.71. The maximum absolute atomic E-state index is 13.5. The van der Waals surface area contributed by atoms with Crippen molar-refractivity contribution in [1.82, 2.24) is 14.9 Å². The summed E-state index contributed by atoms with van der Waals surface area (Å²) in [6, 6.07) is 14.3. The molecule has 2 aromatic heterocycles. The number of hydrogen-bond acceptors (Lipinski definition) is 6. The second kappa shape index (κ2) is 10.3. The van der Waals surface area contributed by atoms with Crippen LogP contribution in [0.4, 0.5) is 4.79 Å². The molecule has 0 saturated heterocycles. The third-order valence-corrected chi connectivity index (χ3v) is 6.22. The molecule has 5 rings (SSSR count). The summed E-state index contributed by atoms with van der Waals surface area (Å²) >= 11 is 0. The minimum atomic E-state index is -0.666. The highest BCUT2D eigenvalue weighted by Crippen LogP contribution is 2.39. The third-order valence-electron chi connectivity index (χ3n) is 6.22. The van der Waals surface area contributed by atoms with E-state index in [1.165, 1.54) is 4.57 Å². The number of amides is 1. The summed E-state index contributed by atoms with van der Waals surface area (Å²) in [6.07, 6.45) is 3.41. The second-order valence-electron chi connectivity index (χ2n) is 10.2. The van der Waals surface area contributed by atoms with Gasteiger partial charge in [-0.05, 0) is 63.1 Å². The standard InChI is InChI=1S/C29H31N3O6/c1-29(2,3)38-28(35)32-10-6-9-24(32)18-14-22(26-25(15-18)36-11-12-37-26)27(34)31-20(17-33)13-19-16-30-23-8-5-4-7-21(19)23/h4-10,14-16,20,30,33H,11-13,17H2,1-3H3,(H,31,34)/t20-/m1/s1. The molecule has 198 valence electrons. The molecule has 3 heterocycles. The Kier molecular flexibility index (Phi) is 6.86. The van der Waals surface area contributed by atoms with Crippen molar-refractivity contribution in [2.24, 2.45) is 0 Å². The molecule has 0 spiro atoms. The van der Waals surface area contributed by atoms with Crippen LogP contribution in [0.5, 0.6) is 11.5 Å². The molecule has 1 aliphatic heterocycles. The highest BCUT2D eigenvalue weighted by molar-refractivity contribution is 6.00. The van der Waals surface area contributed by atoms with Crippen LogP contribution in [0, 0.1) is 0 Å². The number of aliphatic hydroxyl groups excluding tert-OH is 1. The van der Waals surface area contributed by atoms with Gasteiger partial charge in [0.05, 0.1) is 23.9 Å². The van der Waals surface area contributed by atoms with Crippen molar-refractivity contribution >= 4 is 22.9 Å². The first kappa shape index (κ1) is 25.4. The zero-order chi connectivity index (χ0) is 26.9. The van der Waals surface area contributed by atoms with Crippen LogP contribution in [0.1, 0.15) is 36.7 Å². The number of H-pyrrole nitrogens is 1. The molecule has 9 heteroatoms. The fourth-order valence-corrected chi connectivity index (χ4v) is 4.55. The number of para-hydroxylation sites is 1. The maximum Gasteiger partial charge on any atom is 0.418 e. The van der Waals surface area contributed by atoms with E-state index >= 15 is 0 Å². The van der Waals surface area contributed by atoms with E-state index in [-0.39, 0.29) is 12.2 Å². The molecule has 0 bridgehead atoms. The van der Waals surface area contributed by atoms with Gasteiger partial charge in [0, 0.05) is 28.9 Å². The summed E-state index contributed by atoms with van der Waals surface area (Å²) in [7, 11) is 0. The summed E-state index contributed by atoms with van der Waals surface area (Å²) in [4.78, 5) is 29.6. The predicted octanol–water partition coefficient (Wildman–Crippen LogP) is 4.52. The van der Waals surface area contributed by atoms with Gasteiger partial charge in [0.2, 0.25) is 0 Å². The van der Waals surface area contributed by atoms with Gasteiger partial charge >= 0.3 is 6.09 Å². The van der Waals surface area contributed by atoms with E-state index in [9.17, 15) is 14.7 Å². The molecule has 3 N–H and O–H groups in total. The van der Waals surface area contributed by atoms with Crippen LogP contribution in [0.3, 0.4) is 0 Å². The van der Waals surface area contributed by atoms with Gasteiger partial charge in [-0.25, -0.2) is 4.79 Å². The van der Waals surface area contributed by atoms with Gasteiger partial charge in [0.25, 0.3) is 5.91 Å². The number of nitrogens with one attached hydrogen (secondary N) is 2. The van der Waals surface area contributed by atoms with E-state index in [0.717, 1.165) is 16.5 Å². The van der Waals surface area contributed by atoms with Crippen molar-refractivity contribution in [3.8, 4) is 22.8 Å². The molecule has 0 aliphatic carbocycles. The lowest BCUT2D eigenvalue weighted by Gasteiger charge is -2.24. The number of nitrogens with zero attached hydrogens (tertiary/aromatic N) is 1. The van der Waals surface area contributed by atoms with Crippen LogP contribution in [-0.4, -0.2) is 58.1 Å². The SMILES string of the molecule is CC(C)(C)OC(=O)n1cccc1-c1cc2c(c(C(=O)N[C@@H](CO)Cc3c[nH]c4ccccc34)c1)OCCO2. The Bertz CT molecular complexity index is 1480. The Hall–Kier alpha value is -4.24. The lowest BCUT2D eigenvalue weighted by Crippen LogP contribution is -2.39. The van der Waals surface area contributed by atoms with E-state index in [4.69, 9.17) is 14.2 Å². The van der Waals surface area contributed by atoms with E-state index in [1.54, 1.807) is 51.2 Å². The van der Waals surface area contributed by atoms with Crippen molar-refractivity contribution in [2.45, 2.75) is 38.8 Å². The van der Waals surface area contributed by atoms with Crippen molar-refractivity contribution in [1.29, 1.82) is 0 Å². The van der Waals surface area contributed by atoms with Crippen molar-refractivity contribution in [3.05, 3.63) is 72.1 Å². The normalized spacial score (nSPS) is 13.8. The summed E-state index contributed by atoms with van der Waals surface area (Å²) in [5.74, 6) is 0.326. The first-order valence-corrected chi connectivity index (χ1v) is 12.5. The highest BCUT2D eigenvalue weighted by Gasteiger charge is 2.26. The number of hydrogen-bond donors (Lipinski definition) is 3. The second-order valence-corrected chi connectivity index (χ2v) is 10.2. The van der Waals surface area contributed by atoms with Crippen LogP contribution in [0.25, 0.3) is 22.2 Å². The van der Waals surface area contributed by atoms with E-state index in [2.05, 4.69) is 10.3 Å². The molecular weight excluding hydrogens is 486 g/mol. The van der Waals surface area contributed by atoms with Crippen LogP contribution in [0.15, 0.2) is 60.9 Å². The maximum atomic E-state index is 13.5. The minimum absolute atomic E-state index is 0.244. The number of fused-ring (bicyclic) bond motifs is 2. The molecule has 1 atom stereocenters. The Morgan fingerprint density at radius 3 is 2.71 bits per heavy atom. The predicted molar refractivity (Wildman–Crippen MR) is 143 cm³/mol. The molecule has 9 nitrogen and oxygen atoms in total. The quantitative estimate of drug-likeness (QED) is 0.346. The van der Waals surface area contributed by atoms with Crippen molar-refractivity contribution in [2.75, 3.05) is 19.8 Å². The van der Waals surface area contributed by atoms with Crippen LogP contribution in [-0.2, 0) is 11.2 Å². The van der Waals surface area contributed by atoms with Gasteiger partial charge in [-0.15, -0.1) is 0 Å². The van der Waals surface area contributed by atoms with Crippen LogP contribution < -0.4 is 14.8 Å². The molecular formula is C29H31N3O6. The van der Waals surface area contributed by atoms with Gasteiger partial charge < -0.3 is 29.6 Å². The zero-order valence-electron chi connectivity index (χ0n) is 21.6. The van der Waals surface area contributed by atoms with Crippen molar-refractivity contribution in [3.63, 3.8) is 0 Å². The lowest BCUT2D eigenvalue weighted by atomic mass is 10.0. The molecule has 0 saturated carbocycles. The Labute approximate surface area is 220 Å². The minimum Gasteiger partial charge on any atom is -0.486 e. The molecule has 1 aliphatic rings. The van der Waals surface area contributed by atoms with Gasteiger partial charge in [0.15, 0.2) is 11.5 Å². The number of carbonyl (C=O) groups excluding carboxylic acids is 2. The van der Waals surface area contributed by atoms with Gasteiger partial charge in [-0.2, -0.15) is 0 Å². The Balaban J connectivity index is 1.45. The average Bonchev–Trinajstić information content (AvgIpc) is 3.54. The largest absolute Gasteiger partial charge is 0.486 e. The van der Waals surface area contributed by atoms with Gasteiger partial charge in [0.1, 0.15) is 18.8 Å². The zero-order valence-corrected chi connectivity index (χ0v) is 21.6. The van der Waals surface area contributed by atoms with Crippen LogP contribution in [0.2, 0.25) is 0 Å². The average molecular weight is 518 g/mol. The molecule has 4 aromatic rings. The highest BCUT2D eigenvalue weighted by atomic mass is 16.6. The van der Waals surface area contributed by atoms with Crippen LogP contribution >= 0.6 is 0 Å². The topological polar surface area (TPSA) is 115 Å². The third kappa shape index (κ3) is 5.24. The summed E-state index contributed by atoms with van der Waals surface area (Å²) in [6.45, 7) is 5.80. The number of aliphatic hydroxyl groups is 1. The van der Waals surface area contributed by atoms with Crippen molar-refractivity contribution < 1.29 is 28.9 Å². The number of rotatable bonds is 6. The molecule has 2 aromatic carbocycles. The molecule has 38 heavy (non-hydrogen) atoms. The summed E-state index contributed by atoms with van der Waals surface area (Å²) in [5, 5.41) is 14.1. The van der Waals surface area contributed by atoms with E-state index < -0.39 is 23.6 Å². The number of carbonyl (C=O) groups is 2. The fourth-order valence-electron chi connectivity index (χ4n) is 4.55. The first-order valence-electron chi connectivity index (χ1n) is 12.5. The van der Waals surface area contributed by atoms with Gasteiger partial charge in [-0.1, -0.05) is 18.2 Å². The summed E-state index contributed by atoms with van der Waals surface area (Å²) < 4.78 is 18.6. The number of aromatic nitrogens is 2. The van der Waals surface area contributed by atoms with Gasteiger partial charge in [-0.3, -0.25) is 9.36 Å². The number of ether oxygens (including phenoxy) is 3. The smallest absolute Gasteiger partial charge is 0.418 e. The molecule has 0 unspecified atom stereocenters. The fraction of sp³-hybridized carbons (Fsp3) is 0.310. The number of benzene rings is 2.